The maximum absolute atomic E-state index is 11.9. The first-order valence-corrected chi connectivity index (χ1v) is 6.54. The quantitative estimate of drug-likeness (QED) is 0.879. The lowest BCUT2D eigenvalue weighted by molar-refractivity contribution is -0.118. The molecular weight excluding hydrogens is 250 g/mol. The average molecular weight is 265 g/mol. The van der Waals surface area contributed by atoms with Gasteiger partial charge in [0.1, 0.15) is 17.9 Å². The number of Topliss-reactive ketones (excluding diaryl/α,β-unsaturated/α-hetero) is 1. The van der Waals surface area contributed by atoms with Crippen LogP contribution < -0.4 is 5.73 Å². The molecule has 0 atom stereocenters. The Bertz CT molecular complexity index is 545. The fourth-order valence-electron chi connectivity index (χ4n) is 1.68. The SMILES string of the molecule is CC(C)n1ncnc1CC(=O)Cc1csc(N)n1. The van der Waals surface area contributed by atoms with Crippen LogP contribution in [0.25, 0.3) is 0 Å². The Morgan fingerprint density at radius 1 is 1.50 bits per heavy atom. The lowest BCUT2D eigenvalue weighted by atomic mass is 10.1. The van der Waals surface area contributed by atoms with E-state index in [0.29, 0.717) is 17.4 Å². The van der Waals surface area contributed by atoms with Crippen molar-refractivity contribution in [3.05, 3.63) is 23.2 Å². The van der Waals surface area contributed by atoms with E-state index in [0.717, 1.165) is 5.69 Å². The van der Waals surface area contributed by atoms with Crippen LogP contribution in [-0.2, 0) is 17.6 Å². The highest BCUT2D eigenvalue weighted by Crippen LogP contribution is 2.13. The summed E-state index contributed by atoms with van der Waals surface area (Å²) in [6.07, 6.45) is 2.04. The first-order chi connectivity index (χ1) is 8.56. The Labute approximate surface area is 109 Å². The van der Waals surface area contributed by atoms with Gasteiger partial charge < -0.3 is 5.73 Å². The second kappa shape index (κ2) is 5.26. The van der Waals surface area contributed by atoms with Crippen LogP contribution in [0, 0.1) is 0 Å². The Balaban J connectivity index is 2.01. The summed E-state index contributed by atoms with van der Waals surface area (Å²) in [5.74, 6) is 0.758. The van der Waals surface area contributed by atoms with E-state index in [1.807, 2.05) is 13.8 Å². The van der Waals surface area contributed by atoms with Gasteiger partial charge >= 0.3 is 0 Å². The highest BCUT2D eigenvalue weighted by atomic mass is 32.1. The second-order valence-electron chi connectivity index (χ2n) is 4.28. The third kappa shape index (κ3) is 2.92. The van der Waals surface area contributed by atoms with Crippen LogP contribution >= 0.6 is 11.3 Å². The number of anilines is 1. The van der Waals surface area contributed by atoms with Crippen molar-refractivity contribution in [2.24, 2.45) is 0 Å². The molecule has 0 bridgehead atoms. The molecule has 6 nitrogen and oxygen atoms in total. The maximum Gasteiger partial charge on any atom is 0.180 e. The zero-order chi connectivity index (χ0) is 13.1. The van der Waals surface area contributed by atoms with Gasteiger partial charge in [-0.05, 0) is 13.8 Å². The molecule has 0 fully saturated rings. The molecule has 0 aliphatic carbocycles. The molecule has 2 aromatic rings. The van der Waals surface area contributed by atoms with Crippen molar-refractivity contribution in [3.63, 3.8) is 0 Å². The Hall–Kier alpha value is -1.76. The van der Waals surface area contributed by atoms with Crippen molar-refractivity contribution in [2.45, 2.75) is 32.7 Å². The second-order valence-corrected chi connectivity index (χ2v) is 5.17. The standard InChI is InChI=1S/C11H15N5OS/c1-7(2)16-10(13-6-14-16)4-9(17)3-8-5-18-11(12)15-8/h5-7H,3-4H2,1-2H3,(H2,12,15). The highest BCUT2D eigenvalue weighted by molar-refractivity contribution is 7.13. The van der Waals surface area contributed by atoms with E-state index < -0.39 is 0 Å². The number of nitrogens with zero attached hydrogens (tertiary/aromatic N) is 4. The van der Waals surface area contributed by atoms with Crippen LogP contribution in [-0.4, -0.2) is 25.5 Å². The molecule has 0 radical (unpaired) electrons. The van der Waals surface area contributed by atoms with Crippen molar-refractivity contribution in [2.75, 3.05) is 5.73 Å². The normalized spacial score (nSPS) is 11.1. The molecule has 18 heavy (non-hydrogen) atoms. The molecule has 2 aromatic heterocycles. The zero-order valence-electron chi connectivity index (χ0n) is 10.3. The van der Waals surface area contributed by atoms with Crippen LogP contribution in [0.5, 0.6) is 0 Å². The predicted molar refractivity (Wildman–Crippen MR) is 69.3 cm³/mol. The third-order valence-electron chi connectivity index (χ3n) is 2.44. The van der Waals surface area contributed by atoms with Crippen molar-refractivity contribution in [3.8, 4) is 0 Å². The largest absolute Gasteiger partial charge is 0.375 e. The summed E-state index contributed by atoms with van der Waals surface area (Å²) in [4.78, 5) is 20.1. The number of aromatic nitrogens is 4. The van der Waals surface area contributed by atoms with Crippen LogP contribution in [0.2, 0.25) is 0 Å². The van der Waals surface area contributed by atoms with Crippen molar-refractivity contribution >= 4 is 22.3 Å². The molecule has 0 saturated heterocycles. The van der Waals surface area contributed by atoms with Gasteiger partial charge in [-0.1, -0.05) is 0 Å². The minimum atomic E-state index is 0.0650. The van der Waals surface area contributed by atoms with Gasteiger partial charge in [0.25, 0.3) is 0 Å². The first-order valence-electron chi connectivity index (χ1n) is 5.66. The van der Waals surface area contributed by atoms with Gasteiger partial charge in [-0.15, -0.1) is 11.3 Å². The molecule has 0 aromatic carbocycles. The lowest BCUT2D eigenvalue weighted by Crippen LogP contribution is -2.14. The average Bonchev–Trinajstić information content (AvgIpc) is 2.87. The van der Waals surface area contributed by atoms with Crippen molar-refractivity contribution in [1.82, 2.24) is 19.7 Å². The summed E-state index contributed by atoms with van der Waals surface area (Å²) in [7, 11) is 0. The molecule has 0 aliphatic rings. The van der Waals surface area contributed by atoms with Crippen molar-refractivity contribution in [1.29, 1.82) is 0 Å². The Kier molecular flexibility index (Phi) is 3.71. The van der Waals surface area contributed by atoms with E-state index in [4.69, 9.17) is 5.73 Å². The fourth-order valence-corrected chi connectivity index (χ4v) is 2.24. The van der Waals surface area contributed by atoms with E-state index in [1.54, 1.807) is 10.1 Å². The molecule has 2 heterocycles. The highest BCUT2D eigenvalue weighted by Gasteiger charge is 2.13. The molecule has 7 heteroatoms. The molecule has 0 spiro atoms. The number of nitrogens with two attached hydrogens (primary N) is 1. The van der Waals surface area contributed by atoms with Gasteiger partial charge in [0, 0.05) is 11.4 Å². The molecule has 0 amide bonds. The first kappa shape index (κ1) is 12.7. The van der Waals surface area contributed by atoms with Crippen LogP contribution in [0.15, 0.2) is 11.7 Å². The smallest absolute Gasteiger partial charge is 0.180 e. The molecular formula is C11H15N5OS. The van der Waals surface area contributed by atoms with Gasteiger partial charge in [-0.25, -0.2) is 14.6 Å². The maximum atomic E-state index is 11.9. The van der Waals surface area contributed by atoms with Gasteiger partial charge in [0.2, 0.25) is 0 Å². The number of carbonyl (C=O) groups is 1. The Morgan fingerprint density at radius 2 is 2.28 bits per heavy atom. The molecule has 2 N–H and O–H groups in total. The van der Waals surface area contributed by atoms with Crippen LogP contribution in [0.4, 0.5) is 5.13 Å². The molecule has 2 rings (SSSR count). The molecule has 96 valence electrons. The summed E-state index contributed by atoms with van der Waals surface area (Å²) < 4.78 is 1.76. The Morgan fingerprint density at radius 3 is 2.89 bits per heavy atom. The zero-order valence-corrected chi connectivity index (χ0v) is 11.1. The van der Waals surface area contributed by atoms with Crippen LogP contribution in [0.1, 0.15) is 31.4 Å². The summed E-state index contributed by atoms with van der Waals surface area (Å²) in [5, 5.41) is 6.39. The number of thiazole rings is 1. The van der Waals surface area contributed by atoms with E-state index in [-0.39, 0.29) is 18.2 Å². The van der Waals surface area contributed by atoms with E-state index in [9.17, 15) is 4.79 Å². The number of hydrogen-bond donors (Lipinski definition) is 1. The molecule has 0 saturated carbocycles. The number of hydrogen-bond acceptors (Lipinski definition) is 6. The summed E-state index contributed by atoms with van der Waals surface area (Å²) >= 11 is 1.34. The minimum Gasteiger partial charge on any atom is -0.375 e. The van der Waals surface area contributed by atoms with Crippen LogP contribution in [0.3, 0.4) is 0 Å². The van der Waals surface area contributed by atoms with E-state index >= 15 is 0 Å². The third-order valence-corrected chi connectivity index (χ3v) is 3.16. The number of nitrogen functional groups attached to an aromatic ring is 1. The number of rotatable bonds is 5. The summed E-state index contributed by atoms with van der Waals surface area (Å²) in [6, 6.07) is 0.199. The molecule has 0 aliphatic heterocycles. The summed E-state index contributed by atoms with van der Waals surface area (Å²) in [6.45, 7) is 4.01. The molecule has 0 unspecified atom stereocenters. The van der Waals surface area contributed by atoms with E-state index in [2.05, 4.69) is 15.1 Å². The predicted octanol–water partition coefficient (Wildman–Crippen LogP) is 1.25. The summed E-state index contributed by atoms with van der Waals surface area (Å²) in [5.41, 5.74) is 6.24. The fraction of sp³-hybridized carbons (Fsp3) is 0.455. The topological polar surface area (TPSA) is 86.7 Å². The minimum absolute atomic E-state index is 0.0650. The van der Waals surface area contributed by atoms with Gasteiger partial charge in [-0.3, -0.25) is 4.79 Å². The van der Waals surface area contributed by atoms with Gasteiger partial charge in [0.05, 0.1) is 18.5 Å². The number of carbonyl (C=O) groups excluding carboxylic acids is 1. The monoisotopic (exact) mass is 265 g/mol. The van der Waals surface area contributed by atoms with Gasteiger partial charge in [-0.2, -0.15) is 5.10 Å². The van der Waals surface area contributed by atoms with E-state index in [1.165, 1.54) is 17.7 Å². The van der Waals surface area contributed by atoms with Gasteiger partial charge in [0.15, 0.2) is 5.13 Å². The van der Waals surface area contributed by atoms with Crippen molar-refractivity contribution < 1.29 is 4.79 Å². The lowest BCUT2D eigenvalue weighted by Gasteiger charge is -2.08. The number of ketones is 1.